The van der Waals surface area contributed by atoms with Gasteiger partial charge in [-0.2, -0.15) is 0 Å². The number of nitrogen functional groups attached to an aromatic ring is 1. The summed E-state index contributed by atoms with van der Waals surface area (Å²) >= 11 is 0. The van der Waals surface area contributed by atoms with Gasteiger partial charge in [-0.05, 0) is 37.0 Å². The van der Waals surface area contributed by atoms with Crippen molar-refractivity contribution in [1.29, 1.82) is 0 Å². The molecule has 0 saturated carbocycles. The monoisotopic (exact) mass is 289 g/mol. The minimum atomic E-state index is -0.0768. The quantitative estimate of drug-likeness (QED) is 0.803. The van der Waals surface area contributed by atoms with Crippen LogP contribution in [0.3, 0.4) is 0 Å². The van der Waals surface area contributed by atoms with Crippen molar-refractivity contribution in [2.75, 3.05) is 25.4 Å². The number of nitrogens with two attached hydrogens (primary N) is 1. The second-order valence-electron chi connectivity index (χ2n) is 5.46. The summed E-state index contributed by atoms with van der Waals surface area (Å²) in [4.78, 5) is 25.6. The molecule has 114 valence electrons. The largest absolute Gasteiger partial charge is 0.399 e. The van der Waals surface area contributed by atoms with Gasteiger partial charge in [-0.3, -0.25) is 9.59 Å². The van der Waals surface area contributed by atoms with E-state index in [0.717, 1.165) is 31.5 Å². The standard InChI is InChI=1S/C16H23N3O2/c17-14-6-4-5-13(11-14)12-15(20)18-8-7-16(21)19-9-2-1-3-10-19/h4-6,11H,1-3,7-10,12,17H2,(H,18,20). The van der Waals surface area contributed by atoms with E-state index in [1.807, 2.05) is 17.0 Å². The molecule has 0 atom stereocenters. The van der Waals surface area contributed by atoms with Crippen LogP contribution in [0.2, 0.25) is 0 Å². The number of nitrogens with zero attached hydrogens (tertiary/aromatic N) is 1. The van der Waals surface area contributed by atoms with Gasteiger partial charge in [0.25, 0.3) is 0 Å². The zero-order chi connectivity index (χ0) is 15.1. The van der Waals surface area contributed by atoms with Crippen LogP contribution in [0.1, 0.15) is 31.2 Å². The van der Waals surface area contributed by atoms with Crippen molar-refractivity contribution in [3.8, 4) is 0 Å². The SMILES string of the molecule is Nc1cccc(CC(=O)NCCC(=O)N2CCCCC2)c1. The number of nitrogens with one attached hydrogen (secondary N) is 1. The van der Waals surface area contributed by atoms with Gasteiger partial charge in [0.05, 0.1) is 6.42 Å². The van der Waals surface area contributed by atoms with Gasteiger partial charge in [-0.25, -0.2) is 0 Å². The molecule has 1 fully saturated rings. The summed E-state index contributed by atoms with van der Waals surface area (Å²) < 4.78 is 0. The zero-order valence-corrected chi connectivity index (χ0v) is 12.3. The van der Waals surface area contributed by atoms with Crippen molar-refractivity contribution in [2.45, 2.75) is 32.1 Å². The minimum Gasteiger partial charge on any atom is -0.399 e. The lowest BCUT2D eigenvalue weighted by Crippen LogP contribution is -2.38. The molecule has 0 aliphatic carbocycles. The lowest BCUT2D eigenvalue weighted by molar-refractivity contribution is -0.132. The first kappa shape index (κ1) is 15.4. The summed E-state index contributed by atoms with van der Waals surface area (Å²) in [5, 5.41) is 2.79. The van der Waals surface area contributed by atoms with Crippen LogP contribution in [0.25, 0.3) is 0 Å². The van der Waals surface area contributed by atoms with Crippen LogP contribution in [-0.2, 0) is 16.0 Å². The molecule has 5 heteroatoms. The number of hydrogen-bond donors (Lipinski definition) is 2. The number of carbonyl (C=O) groups excluding carboxylic acids is 2. The van der Waals surface area contributed by atoms with Gasteiger partial charge in [-0.1, -0.05) is 12.1 Å². The molecule has 0 bridgehead atoms. The molecule has 0 aromatic heterocycles. The molecule has 0 unspecified atom stereocenters. The van der Waals surface area contributed by atoms with Crippen LogP contribution in [0.15, 0.2) is 24.3 Å². The molecule has 3 N–H and O–H groups in total. The van der Waals surface area contributed by atoms with Crippen LogP contribution in [-0.4, -0.2) is 36.3 Å². The molecule has 2 rings (SSSR count). The fraction of sp³-hybridized carbons (Fsp3) is 0.500. The summed E-state index contributed by atoms with van der Waals surface area (Å²) in [6.45, 7) is 2.11. The average Bonchev–Trinajstić information content (AvgIpc) is 2.48. The van der Waals surface area contributed by atoms with Gasteiger partial charge >= 0.3 is 0 Å². The highest BCUT2D eigenvalue weighted by Crippen LogP contribution is 2.10. The van der Waals surface area contributed by atoms with Crippen LogP contribution < -0.4 is 11.1 Å². The van der Waals surface area contributed by atoms with Gasteiger partial charge in [-0.15, -0.1) is 0 Å². The first-order valence-electron chi connectivity index (χ1n) is 7.54. The number of piperidine rings is 1. The molecule has 1 aliphatic heterocycles. The van der Waals surface area contributed by atoms with E-state index in [1.54, 1.807) is 12.1 Å². The Balaban J connectivity index is 1.68. The van der Waals surface area contributed by atoms with E-state index in [1.165, 1.54) is 6.42 Å². The topological polar surface area (TPSA) is 75.4 Å². The van der Waals surface area contributed by atoms with Crippen LogP contribution in [0, 0.1) is 0 Å². The number of benzene rings is 1. The lowest BCUT2D eigenvalue weighted by Gasteiger charge is -2.26. The predicted molar refractivity (Wildman–Crippen MR) is 82.6 cm³/mol. The molecule has 1 heterocycles. The van der Waals surface area contributed by atoms with Crippen molar-refractivity contribution in [3.63, 3.8) is 0 Å². The van der Waals surface area contributed by atoms with Crippen LogP contribution >= 0.6 is 0 Å². The number of hydrogen-bond acceptors (Lipinski definition) is 3. The smallest absolute Gasteiger partial charge is 0.224 e. The maximum Gasteiger partial charge on any atom is 0.224 e. The molecule has 21 heavy (non-hydrogen) atoms. The Morgan fingerprint density at radius 3 is 2.67 bits per heavy atom. The predicted octanol–water partition coefficient (Wildman–Crippen LogP) is 1.33. The number of anilines is 1. The van der Waals surface area contributed by atoms with E-state index in [-0.39, 0.29) is 11.8 Å². The molecule has 2 amide bonds. The summed E-state index contributed by atoms with van der Waals surface area (Å²) in [5.41, 5.74) is 7.21. The molecule has 1 saturated heterocycles. The Kier molecular flexibility index (Phi) is 5.60. The first-order chi connectivity index (χ1) is 10.1. The van der Waals surface area contributed by atoms with Crippen molar-refractivity contribution < 1.29 is 9.59 Å². The number of rotatable bonds is 5. The fourth-order valence-corrected chi connectivity index (χ4v) is 2.56. The summed E-state index contributed by atoms with van der Waals surface area (Å²) in [6.07, 6.45) is 4.06. The normalized spacial score (nSPS) is 14.8. The Morgan fingerprint density at radius 2 is 1.95 bits per heavy atom. The van der Waals surface area contributed by atoms with Crippen molar-refractivity contribution in [3.05, 3.63) is 29.8 Å². The number of amides is 2. The molecular formula is C16H23N3O2. The Morgan fingerprint density at radius 1 is 1.19 bits per heavy atom. The molecule has 0 spiro atoms. The molecule has 1 aromatic carbocycles. The maximum absolute atomic E-state index is 11.9. The van der Waals surface area contributed by atoms with Crippen molar-refractivity contribution in [1.82, 2.24) is 10.2 Å². The third-order valence-corrected chi connectivity index (χ3v) is 3.69. The molecule has 5 nitrogen and oxygen atoms in total. The molecule has 0 radical (unpaired) electrons. The number of carbonyl (C=O) groups is 2. The zero-order valence-electron chi connectivity index (χ0n) is 12.3. The van der Waals surface area contributed by atoms with Gasteiger partial charge < -0.3 is 16.0 Å². The Labute approximate surface area is 125 Å². The van der Waals surface area contributed by atoms with Gasteiger partial charge in [0.15, 0.2) is 0 Å². The summed E-state index contributed by atoms with van der Waals surface area (Å²) in [6, 6.07) is 7.28. The van der Waals surface area contributed by atoms with E-state index in [0.29, 0.717) is 25.1 Å². The molecular weight excluding hydrogens is 266 g/mol. The second kappa shape index (κ2) is 7.67. The van der Waals surface area contributed by atoms with Gasteiger partial charge in [0.1, 0.15) is 0 Å². The van der Waals surface area contributed by atoms with Crippen molar-refractivity contribution >= 4 is 17.5 Å². The average molecular weight is 289 g/mol. The minimum absolute atomic E-state index is 0.0768. The maximum atomic E-state index is 11.9. The molecule has 1 aliphatic rings. The first-order valence-corrected chi connectivity index (χ1v) is 7.54. The third-order valence-electron chi connectivity index (χ3n) is 3.69. The Bertz CT molecular complexity index is 496. The van der Waals surface area contributed by atoms with E-state index >= 15 is 0 Å². The fourth-order valence-electron chi connectivity index (χ4n) is 2.56. The van der Waals surface area contributed by atoms with Gasteiger partial charge in [0.2, 0.25) is 11.8 Å². The number of likely N-dealkylation sites (tertiary alicyclic amines) is 1. The highest BCUT2D eigenvalue weighted by molar-refractivity contribution is 5.80. The third kappa shape index (κ3) is 5.10. The van der Waals surface area contributed by atoms with Crippen LogP contribution in [0.5, 0.6) is 0 Å². The highest BCUT2D eigenvalue weighted by atomic mass is 16.2. The highest BCUT2D eigenvalue weighted by Gasteiger charge is 2.16. The van der Waals surface area contributed by atoms with E-state index in [4.69, 9.17) is 5.73 Å². The van der Waals surface area contributed by atoms with E-state index in [9.17, 15) is 9.59 Å². The van der Waals surface area contributed by atoms with Gasteiger partial charge in [0, 0.05) is 31.7 Å². The van der Waals surface area contributed by atoms with E-state index < -0.39 is 0 Å². The van der Waals surface area contributed by atoms with Crippen LogP contribution in [0.4, 0.5) is 5.69 Å². The summed E-state index contributed by atoms with van der Waals surface area (Å²) in [7, 11) is 0. The van der Waals surface area contributed by atoms with E-state index in [2.05, 4.69) is 5.32 Å². The lowest BCUT2D eigenvalue weighted by atomic mass is 10.1. The Hall–Kier alpha value is -2.04. The van der Waals surface area contributed by atoms with Crippen molar-refractivity contribution in [2.24, 2.45) is 0 Å². The molecule has 1 aromatic rings. The second-order valence-corrected chi connectivity index (χ2v) is 5.46. The summed E-state index contributed by atoms with van der Waals surface area (Å²) in [5.74, 6) is 0.0611.